The first kappa shape index (κ1) is 17.1. The molecule has 0 aromatic carbocycles. The van der Waals surface area contributed by atoms with Crippen molar-refractivity contribution in [1.82, 2.24) is 34.9 Å². The van der Waals surface area contributed by atoms with Crippen LogP contribution in [0.3, 0.4) is 0 Å². The first-order valence-corrected chi connectivity index (χ1v) is 8.73. The molecule has 132 valence electrons. The highest BCUT2D eigenvalue weighted by Gasteiger charge is 2.18. The number of hydrogen-bond donors (Lipinski definition) is 2. The minimum atomic E-state index is -0.288. The van der Waals surface area contributed by atoms with E-state index < -0.39 is 0 Å². The van der Waals surface area contributed by atoms with Gasteiger partial charge in [0, 0.05) is 13.6 Å². The second-order valence-corrected chi connectivity index (χ2v) is 6.52. The van der Waals surface area contributed by atoms with Crippen LogP contribution in [0.4, 0.5) is 4.79 Å². The van der Waals surface area contributed by atoms with Gasteiger partial charge in [0.05, 0.1) is 18.1 Å². The summed E-state index contributed by atoms with van der Waals surface area (Å²) in [6.07, 6.45) is 1.47. The van der Waals surface area contributed by atoms with Crippen molar-refractivity contribution >= 4 is 27.6 Å². The molecular weight excluding hydrogens is 342 g/mol. The van der Waals surface area contributed by atoms with Gasteiger partial charge in [-0.1, -0.05) is 0 Å². The van der Waals surface area contributed by atoms with E-state index in [1.807, 2.05) is 19.2 Å². The first-order chi connectivity index (χ1) is 12.0. The molecule has 2 amide bonds. The fourth-order valence-electron chi connectivity index (χ4n) is 2.51. The zero-order valence-corrected chi connectivity index (χ0v) is 15.0. The molecule has 0 saturated carbocycles. The van der Waals surface area contributed by atoms with Crippen LogP contribution >= 0.6 is 11.3 Å². The molecule has 0 aliphatic carbocycles. The first-order valence-electron chi connectivity index (χ1n) is 7.85. The molecule has 0 aliphatic heterocycles. The molecule has 0 saturated heterocycles. The van der Waals surface area contributed by atoms with E-state index in [9.17, 15) is 9.59 Å². The van der Waals surface area contributed by atoms with Crippen LogP contribution in [-0.4, -0.2) is 42.7 Å². The lowest BCUT2D eigenvalue weighted by atomic mass is 10.3. The summed E-state index contributed by atoms with van der Waals surface area (Å²) in [5.41, 5.74) is 0.454. The van der Waals surface area contributed by atoms with Crippen molar-refractivity contribution in [3.8, 4) is 0 Å². The molecule has 9 nitrogen and oxygen atoms in total. The monoisotopic (exact) mass is 361 g/mol. The highest BCUT2D eigenvalue weighted by Crippen LogP contribution is 2.14. The third kappa shape index (κ3) is 3.53. The van der Waals surface area contributed by atoms with Crippen LogP contribution < -0.4 is 10.9 Å². The average molecular weight is 361 g/mol. The van der Waals surface area contributed by atoms with Gasteiger partial charge in [0.15, 0.2) is 0 Å². The number of amides is 2. The molecule has 1 atom stereocenters. The fourth-order valence-corrected chi connectivity index (χ4v) is 3.23. The number of nitrogens with one attached hydrogen (secondary N) is 2. The molecule has 3 rings (SSSR count). The zero-order valence-electron chi connectivity index (χ0n) is 14.2. The summed E-state index contributed by atoms with van der Waals surface area (Å²) in [5.74, 6) is 1.13. The minimum Gasteiger partial charge on any atom is -0.328 e. The van der Waals surface area contributed by atoms with Crippen LogP contribution in [0.5, 0.6) is 0 Å². The number of fused-ring (bicyclic) bond motifs is 1. The van der Waals surface area contributed by atoms with E-state index in [0.29, 0.717) is 28.4 Å². The maximum absolute atomic E-state index is 12.4. The molecular formula is C15H19N7O2S. The molecule has 0 spiro atoms. The van der Waals surface area contributed by atoms with Crippen LogP contribution in [-0.2, 0) is 13.1 Å². The molecule has 3 heterocycles. The van der Waals surface area contributed by atoms with Crippen molar-refractivity contribution in [3.63, 3.8) is 0 Å². The van der Waals surface area contributed by atoms with Crippen LogP contribution in [0.25, 0.3) is 10.2 Å². The van der Waals surface area contributed by atoms with Gasteiger partial charge in [0.25, 0.3) is 5.56 Å². The van der Waals surface area contributed by atoms with Crippen molar-refractivity contribution in [2.45, 2.75) is 33.0 Å². The summed E-state index contributed by atoms with van der Waals surface area (Å²) in [5, 5.41) is 8.79. The Bertz CT molecular complexity index is 945. The molecule has 25 heavy (non-hydrogen) atoms. The summed E-state index contributed by atoms with van der Waals surface area (Å²) in [4.78, 5) is 37.1. The van der Waals surface area contributed by atoms with Gasteiger partial charge in [-0.05, 0) is 25.3 Å². The van der Waals surface area contributed by atoms with E-state index in [2.05, 4.69) is 25.4 Å². The number of rotatable bonds is 5. The average Bonchev–Trinajstić information content (AvgIpc) is 3.23. The molecule has 10 heteroatoms. The van der Waals surface area contributed by atoms with Crippen molar-refractivity contribution in [3.05, 3.63) is 39.8 Å². The molecule has 1 unspecified atom stereocenters. The van der Waals surface area contributed by atoms with Crippen molar-refractivity contribution in [1.29, 1.82) is 0 Å². The van der Waals surface area contributed by atoms with E-state index in [-0.39, 0.29) is 24.2 Å². The normalized spacial score (nSPS) is 12.3. The van der Waals surface area contributed by atoms with Gasteiger partial charge in [-0.25, -0.2) is 19.4 Å². The number of carbonyl (C=O) groups is 1. The van der Waals surface area contributed by atoms with E-state index >= 15 is 0 Å². The van der Waals surface area contributed by atoms with E-state index in [1.165, 1.54) is 22.6 Å². The predicted octanol–water partition coefficient (Wildman–Crippen LogP) is 1.50. The van der Waals surface area contributed by atoms with Crippen LogP contribution in [0, 0.1) is 0 Å². The summed E-state index contributed by atoms with van der Waals surface area (Å²) >= 11 is 1.34. The second kappa shape index (κ2) is 7.01. The largest absolute Gasteiger partial charge is 0.328 e. The third-order valence-corrected chi connectivity index (χ3v) is 4.67. The number of carbonyl (C=O) groups excluding carboxylic acids is 1. The maximum atomic E-state index is 12.4. The predicted molar refractivity (Wildman–Crippen MR) is 94.4 cm³/mol. The SMILES string of the molecule is CCn1ncnc1C(C)NC(=O)N(C)Cc1nc2ccsc2c(=O)[nH]1. The number of thiophene rings is 1. The lowest BCUT2D eigenvalue weighted by Gasteiger charge is -2.20. The van der Waals surface area contributed by atoms with E-state index in [4.69, 9.17) is 0 Å². The van der Waals surface area contributed by atoms with E-state index in [0.717, 1.165) is 0 Å². The van der Waals surface area contributed by atoms with Crippen LogP contribution in [0.2, 0.25) is 0 Å². The Morgan fingerprint density at radius 2 is 2.32 bits per heavy atom. The van der Waals surface area contributed by atoms with Crippen molar-refractivity contribution < 1.29 is 4.79 Å². The third-order valence-electron chi connectivity index (χ3n) is 3.77. The minimum absolute atomic E-state index is 0.187. The highest BCUT2D eigenvalue weighted by molar-refractivity contribution is 7.17. The quantitative estimate of drug-likeness (QED) is 0.716. The summed E-state index contributed by atoms with van der Waals surface area (Å²) < 4.78 is 2.32. The zero-order chi connectivity index (χ0) is 18.0. The van der Waals surface area contributed by atoms with Gasteiger partial charge in [0.1, 0.15) is 22.7 Å². The Morgan fingerprint density at radius 1 is 1.52 bits per heavy atom. The fraction of sp³-hybridized carbons (Fsp3) is 0.400. The summed E-state index contributed by atoms with van der Waals surface area (Å²) in [7, 11) is 1.64. The number of nitrogens with zero attached hydrogens (tertiary/aromatic N) is 5. The molecule has 3 aromatic heterocycles. The maximum Gasteiger partial charge on any atom is 0.318 e. The Labute approximate surface area is 147 Å². The Hall–Kier alpha value is -2.75. The standard InChI is InChI=1S/C15H19N7O2S/c1-4-22-13(16-8-17-22)9(2)18-15(24)21(3)7-11-19-10-5-6-25-12(10)14(23)20-11/h5-6,8-9H,4,7H2,1-3H3,(H,18,24)(H,19,20,23). The van der Waals surface area contributed by atoms with Gasteiger partial charge in [-0.15, -0.1) is 11.3 Å². The van der Waals surface area contributed by atoms with Gasteiger partial charge < -0.3 is 15.2 Å². The number of urea groups is 1. The lowest BCUT2D eigenvalue weighted by Crippen LogP contribution is -2.39. The van der Waals surface area contributed by atoms with Crippen LogP contribution in [0.15, 0.2) is 22.6 Å². The number of aromatic nitrogens is 5. The number of aryl methyl sites for hydroxylation is 1. The van der Waals surface area contributed by atoms with E-state index in [1.54, 1.807) is 17.8 Å². The Balaban J connectivity index is 1.68. The second-order valence-electron chi connectivity index (χ2n) is 5.61. The summed E-state index contributed by atoms with van der Waals surface area (Å²) in [6, 6.07) is 1.22. The van der Waals surface area contributed by atoms with Crippen molar-refractivity contribution in [2.24, 2.45) is 0 Å². The summed E-state index contributed by atoms with van der Waals surface area (Å²) in [6.45, 7) is 4.68. The lowest BCUT2D eigenvalue weighted by molar-refractivity contribution is 0.201. The number of aromatic amines is 1. The molecule has 0 bridgehead atoms. The Kier molecular flexibility index (Phi) is 4.79. The smallest absolute Gasteiger partial charge is 0.318 e. The van der Waals surface area contributed by atoms with Gasteiger partial charge >= 0.3 is 6.03 Å². The van der Waals surface area contributed by atoms with Gasteiger partial charge in [-0.3, -0.25) is 4.79 Å². The molecule has 0 fully saturated rings. The van der Waals surface area contributed by atoms with Crippen molar-refractivity contribution in [2.75, 3.05) is 7.05 Å². The molecule has 3 aromatic rings. The molecule has 0 aliphatic rings. The van der Waals surface area contributed by atoms with Gasteiger partial charge in [-0.2, -0.15) is 5.10 Å². The topological polar surface area (TPSA) is 109 Å². The highest BCUT2D eigenvalue weighted by atomic mass is 32.1. The number of H-pyrrole nitrogens is 1. The Morgan fingerprint density at radius 3 is 3.08 bits per heavy atom. The molecule has 0 radical (unpaired) electrons. The number of hydrogen-bond acceptors (Lipinski definition) is 6. The van der Waals surface area contributed by atoms with Crippen LogP contribution in [0.1, 0.15) is 31.5 Å². The van der Waals surface area contributed by atoms with Gasteiger partial charge in [0.2, 0.25) is 0 Å². The molecule has 2 N–H and O–H groups in total.